The van der Waals surface area contributed by atoms with Gasteiger partial charge in [-0.15, -0.1) is 0 Å². The molecule has 8 nitrogen and oxygen atoms in total. The van der Waals surface area contributed by atoms with E-state index < -0.39 is 29.2 Å². The number of phenolic OH excluding ortho intramolecular Hbond substituents is 3. The lowest BCUT2D eigenvalue weighted by Gasteiger charge is -2.09. The average molecular weight is 270 g/mol. The molecular weight excluding hydrogens is 256 g/mol. The van der Waals surface area contributed by atoms with Gasteiger partial charge in [0.15, 0.2) is 17.2 Å². The Morgan fingerprint density at radius 1 is 1.21 bits per heavy atom. The predicted molar refractivity (Wildman–Crippen MR) is 65.1 cm³/mol. The van der Waals surface area contributed by atoms with Crippen molar-refractivity contribution in [2.24, 2.45) is 0 Å². The molecule has 2 amide bonds. The van der Waals surface area contributed by atoms with Crippen LogP contribution in [0.25, 0.3) is 0 Å². The van der Waals surface area contributed by atoms with Crippen LogP contribution in [0.1, 0.15) is 6.42 Å². The first-order valence-corrected chi connectivity index (χ1v) is 5.30. The molecule has 0 saturated heterocycles. The molecule has 0 aliphatic heterocycles. The maximum atomic E-state index is 11.4. The summed E-state index contributed by atoms with van der Waals surface area (Å²) in [5, 5.41) is 32.3. The smallest absolute Gasteiger partial charge is 0.319 e. The minimum Gasteiger partial charge on any atom is -0.504 e. The second-order valence-corrected chi connectivity index (χ2v) is 3.57. The van der Waals surface area contributed by atoms with Gasteiger partial charge in [0.1, 0.15) is 0 Å². The Morgan fingerprint density at radius 3 is 2.32 bits per heavy atom. The van der Waals surface area contributed by atoms with Gasteiger partial charge in [0.05, 0.1) is 19.2 Å². The first-order chi connectivity index (χ1) is 8.93. The largest absolute Gasteiger partial charge is 0.504 e. The molecule has 5 N–H and O–H groups in total. The lowest BCUT2D eigenvalue weighted by molar-refractivity contribution is -0.140. The number of hydrogen-bond donors (Lipinski definition) is 5. The second kappa shape index (κ2) is 6.34. The minimum atomic E-state index is -0.670. The van der Waals surface area contributed by atoms with Gasteiger partial charge in [-0.2, -0.15) is 0 Å². The summed E-state index contributed by atoms with van der Waals surface area (Å²) in [6.07, 6.45) is 0.0238. The van der Waals surface area contributed by atoms with E-state index in [9.17, 15) is 19.8 Å². The van der Waals surface area contributed by atoms with E-state index in [1.807, 2.05) is 0 Å². The van der Waals surface area contributed by atoms with Crippen LogP contribution >= 0.6 is 0 Å². The Kier molecular flexibility index (Phi) is 4.81. The molecule has 1 aromatic carbocycles. The number of nitrogens with one attached hydrogen (secondary N) is 2. The molecule has 0 saturated carbocycles. The van der Waals surface area contributed by atoms with Crippen LogP contribution in [-0.4, -0.2) is 41.0 Å². The number of aromatic hydroxyl groups is 3. The number of anilines is 1. The van der Waals surface area contributed by atoms with Gasteiger partial charge < -0.3 is 30.7 Å². The first kappa shape index (κ1) is 14.4. The van der Waals surface area contributed by atoms with Crippen LogP contribution in [0.5, 0.6) is 17.2 Å². The number of benzene rings is 1. The Balaban J connectivity index is 2.51. The number of carbonyl (C=O) groups excluding carboxylic acids is 2. The molecule has 19 heavy (non-hydrogen) atoms. The fourth-order valence-electron chi connectivity index (χ4n) is 1.23. The molecule has 0 spiro atoms. The van der Waals surface area contributed by atoms with Crippen molar-refractivity contribution in [2.75, 3.05) is 19.0 Å². The standard InChI is InChI=1S/C11H14N2O6/c1-19-9(16)2-3-12-11(18)13-6-4-7(14)10(17)8(15)5-6/h4-5,14-15,17H,2-3H2,1H3,(H2,12,13,18). The van der Waals surface area contributed by atoms with Gasteiger partial charge in [0.25, 0.3) is 0 Å². The Hall–Kier alpha value is -2.64. The number of rotatable bonds is 4. The van der Waals surface area contributed by atoms with E-state index >= 15 is 0 Å². The Morgan fingerprint density at radius 2 is 1.79 bits per heavy atom. The number of phenols is 3. The molecule has 0 bridgehead atoms. The molecule has 0 aliphatic carbocycles. The van der Waals surface area contributed by atoms with Crippen LogP contribution in [0.2, 0.25) is 0 Å². The molecule has 104 valence electrons. The third-order valence-corrected chi connectivity index (χ3v) is 2.17. The van der Waals surface area contributed by atoms with Gasteiger partial charge >= 0.3 is 12.0 Å². The van der Waals surface area contributed by atoms with Crippen molar-refractivity contribution < 1.29 is 29.6 Å². The number of ether oxygens (including phenoxy) is 1. The summed E-state index contributed by atoms with van der Waals surface area (Å²) >= 11 is 0. The van der Waals surface area contributed by atoms with Crippen molar-refractivity contribution in [2.45, 2.75) is 6.42 Å². The maximum absolute atomic E-state index is 11.4. The molecule has 0 unspecified atom stereocenters. The summed E-state index contributed by atoms with van der Waals surface area (Å²) < 4.78 is 4.39. The summed E-state index contributed by atoms with van der Waals surface area (Å²) in [5.41, 5.74) is 0.0865. The SMILES string of the molecule is COC(=O)CCNC(=O)Nc1cc(O)c(O)c(O)c1. The zero-order chi connectivity index (χ0) is 14.4. The van der Waals surface area contributed by atoms with Gasteiger partial charge in [0, 0.05) is 18.7 Å². The van der Waals surface area contributed by atoms with E-state index in [1.54, 1.807) is 0 Å². The van der Waals surface area contributed by atoms with Crippen molar-refractivity contribution >= 4 is 17.7 Å². The first-order valence-electron chi connectivity index (χ1n) is 5.30. The fraction of sp³-hybridized carbons (Fsp3) is 0.273. The molecule has 8 heteroatoms. The minimum absolute atomic E-state index is 0.0238. The van der Waals surface area contributed by atoms with Gasteiger partial charge in [-0.25, -0.2) is 4.79 Å². The predicted octanol–water partition coefficient (Wildman–Crippen LogP) is 0.488. The molecule has 0 atom stereocenters. The Labute approximate surface area is 108 Å². The van der Waals surface area contributed by atoms with Crippen molar-refractivity contribution in [1.29, 1.82) is 0 Å². The van der Waals surface area contributed by atoms with Gasteiger partial charge in [-0.1, -0.05) is 0 Å². The van der Waals surface area contributed by atoms with Crippen molar-refractivity contribution in [1.82, 2.24) is 5.32 Å². The van der Waals surface area contributed by atoms with Gasteiger partial charge in [0.2, 0.25) is 0 Å². The van der Waals surface area contributed by atoms with E-state index in [0.717, 1.165) is 12.1 Å². The average Bonchev–Trinajstić information content (AvgIpc) is 2.35. The Bertz CT molecular complexity index is 465. The van der Waals surface area contributed by atoms with Crippen molar-refractivity contribution in [3.63, 3.8) is 0 Å². The number of hydrogen-bond acceptors (Lipinski definition) is 6. The highest BCUT2D eigenvalue weighted by Gasteiger charge is 2.10. The number of methoxy groups -OCH3 is 1. The second-order valence-electron chi connectivity index (χ2n) is 3.57. The van der Waals surface area contributed by atoms with Crippen LogP contribution in [0, 0.1) is 0 Å². The molecule has 0 radical (unpaired) electrons. The molecule has 0 aliphatic rings. The molecule has 0 aromatic heterocycles. The third kappa shape index (κ3) is 4.26. The molecular formula is C11H14N2O6. The highest BCUT2D eigenvalue weighted by molar-refractivity contribution is 5.90. The summed E-state index contributed by atoms with van der Waals surface area (Å²) in [6.45, 7) is 0.0779. The number of amides is 2. The number of urea groups is 1. The monoisotopic (exact) mass is 270 g/mol. The van der Waals surface area contributed by atoms with Gasteiger partial charge in [-0.05, 0) is 0 Å². The van der Waals surface area contributed by atoms with Crippen LogP contribution in [0.3, 0.4) is 0 Å². The normalized spacial score (nSPS) is 9.74. The lowest BCUT2D eigenvalue weighted by Crippen LogP contribution is -2.30. The quantitative estimate of drug-likeness (QED) is 0.307. The maximum Gasteiger partial charge on any atom is 0.319 e. The van der Waals surface area contributed by atoms with E-state index in [4.69, 9.17) is 5.11 Å². The summed E-state index contributed by atoms with van der Waals surface area (Å²) in [4.78, 5) is 22.2. The number of esters is 1. The third-order valence-electron chi connectivity index (χ3n) is 2.17. The lowest BCUT2D eigenvalue weighted by atomic mass is 10.2. The summed E-state index contributed by atoms with van der Waals surface area (Å²) in [6, 6.07) is 1.50. The van der Waals surface area contributed by atoms with E-state index in [2.05, 4.69) is 15.4 Å². The highest BCUT2D eigenvalue weighted by atomic mass is 16.5. The van der Waals surface area contributed by atoms with Gasteiger partial charge in [-0.3, -0.25) is 4.79 Å². The van der Waals surface area contributed by atoms with Crippen LogP contribution < -0.4 is 10.6 Å². The van der Waals surface area contributed by atoms with Crippen LogP contribution in [-0.2, 0) is 9.53 Å². The highest BCUT2D eigenvalue weighted by Crippen LogP contribution is 2.37. The molecule has 0 fully saturated rings. The fourth-order valence-corrected chi connectivity index (χ4v) is 1.23. The summed E-state index contributed by atoms with van der Waals surface area (Å²) in [5.74, 6) is -2.26. The molecule has 1 aromatic rings. The van der Waals surface area contributed by atoms with E-state index in [1.165, 1.54) is 7.11 Å². The summed E-state index contributed by atoms with van der Waals surface area (Å²) in [7, 11) is 1.24. The molecule has 0 heterocycles. The number of carbonyl (C=O) groups is 2. The van der Waals surface area contributed by atoms with Crippen molar-refractivity contribution in [3.8, 4) is 17.2 Å². The van der Waals surface area contributed by atoms with E-state index in [0.29, 0.717) is 0 Å². The van der Waals surface area contributed by atoms with Crippen LogP contribution in [0.15, 0.2) is 12.1 Å². The zero-order valence-corrected chi connectivity index (χ0v) is 10.1. The molecule has 1 rings (SSSR count). The van der Waals surface area contributed by atoms with Crippen molar-refractivity contribution in [3.05, 3.63) is 12.1 Å². The van der Waals surface area contributed by atoms with E-state index in [-0.39, 0.29) is 18.7 Å². The zero-order valence-electron chi connectivity index (χ0n) is 10.1. The topological polar surface area (TPSA) is 128 Å². The van der Waals surface area contributed by atoms with Crippen LogP contribution in [0.4, 0.5) is 10.5 Å².